The molecule has 4 heteroatoms. The maximum atomic E-state index is 4.52. The SMILES string of the molecule is CCCNC(CC)c1nnc(C2(C)CCCCC2)s1. The van der Waals surface area contributed by atoms with Crippen LogP contribution in [0.4, 0.5) is 0 Å². The number of hydrogen-bond donors (Lipinski definition) is 1. The Kier molecular flexibility index (Phi) is 5.34. The zero-order chi connectivity index (χ0) is 13.7. The number of nitrogens with zero attached hydrogens (tertiary/aromatic N) is 2. The summed E-state index contributed by atoms with van der Waals surface area (Å²) in [4.78, 5) is 0. The first kappa shape index (κ1) is 14.9. The summed E-state index contributed by atoms with van der Waals surface area (Å²) >= 11 is 1.84. The zero-order valence-corrected chi connectivity index (χ0v) is 13.4. The summed E-state index contributed by atoms with van der Waals surface area (Å²) in [5.41, 5.74) is 0.289. The van der Waals surface area contributed by atoms with Crippen molar-refractivity contribution in [3.05, 3.63) is 10.0 Å². The molecule has 1 fully saturated rings. The lowest BCUT2D eigenvalue weighted by Gasteiger charge is -2.30. The second kappa shape index (κ2) is 6.80. The normalized spacial score (nSPS) is 20.4. The lowest BCUT2D eigenvalue weighted by Crippen LogP contribution is -2.24. The first-order valence-electron chi connectivity index (χ1n) is 7.77. The van der Waals surface area contributed by atoms with Gasteiger partial charge >= 0.3 is 0 Å². The van der Waals surface area contributed by atoms with Crippen LogP contribution in [0.3, 0.4) is 0 Å². The van der Waals surface area contributed by atoms with Gasteiger partial charge in [-0.2, -0.15) is 0 Å². The molecule has 0 radical (unpaired) electrons. The van der Waals surface area contributed by atoms with Crippen LogP contribution in [-0.4, -0.2) is 16.7 Å². The Balaban J connectivity index is 2.08. The molecule has 1 heterocycles. The van der Waals surface area contributed by atoms with Crippen molar-refractivity contribution >= 4 is 11.3 Å². The summed E-state index contributed by atoms with van der Waals surface area (Å²) in [5.74, 6) is 0. The Hall–Kier alpha value is -0.480. The van der Waals surface area contributed by atoms with Crippen molar-refractivity contribution in [2.45, 2.75) is 77.2 Å². The predicted molar refractivity (Wildman–Crippen MR) is 81.7 cm³/mol. The molecule has 1 unspecified atom stereocenters. The van der Waals surface area contributed by atoms with Gasteiger partial charge in [-0.1, -0.05) is 51.4 Å². The summed E-state index contributed by atoms with van der Waals surface area (Å²) < 4.78 is 0. The minimum atomic E-state index is 0.289. The molecule has 0 amide bonds. The molecule has 1 aliphatic carbocycles. The average molecular weight is 281 g/mol. The van der Waals surface area contributed by atoms with Gasteiger partial charge in [0.05, 0.1) is 6.04 Å². The molecule has 19 heavy (non-hydrogen) atoms. The van der Waals surface area contributed by atoms with Crippen LogP contribution in [0.5, 0.6) is 0 Å². The van der Waals surface area contributed by atoms with E-state index in [9.17, 15) is 0 Å². The fourth-order valence-corrected chi connectivity index (χ4v) is 4.09. The van der Waals surface area contributed by atoms with Crippen molar-refractivity contribution in [3.8, 4) is 0 Å². The molecule has 108 valence electrons. The smallest absolute Gasteiger partial charge is 0.134 e. The van der Waals surface area contributed by atoms with Crippen molar-refractivity contribution in [1.82, 2.24) is 15.5 Å². The number of rotatable bonds is 6. The fraction of sp³-hybridized carbons (Fsp3) is 0.867. The molecule has 0 aromatic carbocycles. The maximum Gasteiger partial charge on any atom is 0.134 e. The Morgan fingerprint density at radius 2 is 1.95 bits per heavy atom. The summed E-state index contributed by atoms with van der Waals surface area (Å²) in [7, 11) is 0. The van der Waals surface area contributed by atoms with Gasteiger partial charge in [-0.05, 0) is 32.2 Å². The van der Waals surface area contributed by atoms with Crippen LogP contribution in [0.15, 0.2) is 0 Å². The van der Waals surface area contributed by atoms with Gasteiger partial charge in [-0.15, -0.1) is 10.2 Å². The standard InChI is InChI=1S/C15H27N3S/c1-4-11-16-12(5-2)13-17-18-14(19-13)15(3)9-7-6-8-10-15/h12,16H,4-11H2,1-3H3. The van der Waals surface area contributed by atoms with E-state index in [1.807, 2.05) is 11.3 Å². The van der Waals surface area contributed by atoms with Crippen molar-refractivity contribution in [2.24, 2.45) is 0 Å². The summed E-state index contributed by atoms with van der Waals surface area (Å²) in [6.45, 7) is 7.85. The van der Waals surface area contributed by atoms with Crippen molar-refractivity contribution in [3.63, 3.8) is 0 Å². The van der Waals surface area contributed by atoms with E-state index in [2.05, 4.69) is 36.3 Å². The van der Waals surface area contributed by atoms with E-state index in [-0.39, 0.29) is 5.41 Å². The van der Waals surface area contributed by atoms with Gasteiger partial charge in [-0.3, -0.25) is 0 Å². The second-order valence-corrected chi connectivity index (χ2v) is 6.99. The molecule has 0 bridgehead atoms. The van der Waals surface area contributed by atoms with Gasteiger partial charge in [0.1, 0.15) is 10.0 Å². The monoisotopic (exact) mass is 281 g/mol. The molecule has 1 aromatic heterocycles. The minimum Gasteiger partial charge on any atom is -0.308 e. The summed E-state index contributed by atoms with van der Waals surface area (Å²) in [6.07, 6.45) is 8.89. The van der Waals surface area contributed by atoms with E-state index in [0.29, 0.717) is 6.04 Å². The molecule has 0 aliphatic heterocycles. The fourth-order valence-electron chi connectivity index (χ4n) is 2.89. The van der Waals surface area contributed by atoms with Crippen molar-refractivity contribution < 1.29 is 0 Å². The lowest BCUT2D eigenvalue weighted by molar-refractivity contribution is 0.317. The molecule has 1 aromatic rings. The first-order valence-corrected chi connectivity index (χ1v) is 8.58. The average Bonchev–Trinajstić information content (AvgIpc) is 2.91. The molecule has 1 aliphatic rings. The molecule has 2 rings (SSSR count). The van der Waals surface area contributed by atoms with Crippen molar-refractivity contribution in [2.75, 3.05) is 6.54 Å². The third kappa shape index (κ3) is 3.54. The van der Waals surface area contributed by atoms with E-state index in [4.69, 9.17) is 0 Å². The van der Waals surface area contributed by atoms with Crippen LogP contribution in [0.2, 0.25) is 0 Å². The summed E-state index contributed by atoms with van der Waals surface area (Å²) in [5, 5.41) is 15.0. The van der Waals surface area contributed by atoms with Crippen LogP contribution in [0.25, 0.3) is 0 Å². The third-order valence-electron chi connectivity index (χ3n) is 4.26. The number of nitrogens with one attached hydrogen (secondary N) is 1. The number of aromatic nitrogens is 2. The summed E-state index contributed by atoms with van der Waals surface area (Å²) in [6, 6.07) is 0.387. The minimum absolute atomic E-state index is 0.289. The van der Waals surface area contributed by atoms with Crippen LogP contribution >= 0.6 is 11.3 Å². The molecule has 0 saturated heterocycles. The highest BCUT2D eigenvalue weighted by atomic mass is 32.1. The maximum absolute atomic E-state index is 4.52. The van der Waals surface area contributed by atoms with E-state index in [0.717, 1.165) is 13.0 Å². The third-order valence-corrected chi connectivity index (χ3v) is 5.60. The number of hydrogen-bond acceptors (Lipinski definition) is 4. The quantitative estimate of drug-likeness (QED) is 0.848. The Labute approximate surface area is 121 Å². The van der Waals surface area contributed by atoms with E-state index >= 15 is 0 Å². The van der Waals surface area contributed by atoms with E-state index in [1.54, 1.807) is 0 Å². The zero-order valence-electron chi connectivity index (χ0n) is 12.5. The van der Waals surface area contributed by atoms with Crippen LogP contribution in [0.1, 0.15) is 81.8 Å². The van der Waals surface area contributed by atoms with Gasteiger partial charge in [0, 0.05) is 5.41 Å². The highest BCUT2D eigenvalue weighted by Crippen LogP contribution is 2.40. The van der Waals surface area contributed by atoms with Gasteiger partial charge in [0.25, 0.3) is 0 Å². The van der Waals surface area contributed by atoms with Gasteiger partial charge < -0.3 is 5.32 Å². The molecule has 3 nitrogen and oxygen atoms in total. The Bertz CT molecular complexity index is 382. The molecule has 1 N–H and O–H groups in total. The Morgan fingerprint density at radius 3 is 2.58 bits per heavy atom. The van der Waals surface area contributed by atoms with Gasteiger partial charge in [-0.25, -0.2) is 0 Å². The molecular weight excluding hydrogens is 254 g/mol. The van der Waals surface area contributed by atoms with Crippen molar-refractivity contribution in [1.29, 1.82) is 0 Å². The molecular formula is C15H27N3S. The predicted octanol–water partition coefficient (Wildman–Crippen LogP) is 4.21. The highest BCUT2D eigenvalue weighted by Gasteiger charge is 2.32. The topological polar surface area (TPSA) is 37.8 Å². The second-order valence-electron chi connectivity index (χ2n) is 5.98. The molecule has 1 atom stereocenters. The Morgan fingerprint density at radius 1 is 1.21 bits per heavy atom. The van der Waals surface area contributed by atoms with E-state index in [1.165, 1.54) is 48.5 Å². The van der Waals surface area contributed by atoms with E-state index < -0.39 is 0 Å². The van der Waals surface area contributed by atoms with Crippen LogP contribution < -0.4 is 5.32 Å². The van der Waals surface area contributed by atoms with Gasteiger partial charge in [0.15, 0.2) is 0 Å². The first-order chi connectivity index (χ1) is 9.19. The van der Waals surface area contributed by atoms with Gasteiger partial charge in [0.2, 0.25) is 0 Å². The highest BCUT2D eigenvalue weighted by molar-refractivity contribution is 7.11. The molecule has 1 saturated carbocycles. The largest absolute Gasteiger partial charge is 0.308 e. The van der Waals surface area contributed by atoms with Crippen LogP contribution in [0, 0.1) is 0 Å². The molecule has 0 spiro atoms. The van der Waals surface area contributed by atoms with Crippen LogP contribution in [-0.2, 0) is 5.41 Å². The lowest BCUT2D eigenvalue weighted by atomic mass is 9.76.